The Hall–Kier alpha value is -1.54. The van der Waals surface area contributed by atoms with Crippen LogP contribution in [-0.2, 0) is 16.0 Å². The third-order valence-corrected chi connectivity index (χ3v) is 6.51. The van der Waals surface area contributed by atoms with E-state index in [1.165, 1.54) is 6.42 Å². The van der Waals surface area contributed by atoms with E-state index in [4.69, 9.17) is 4.74 Å². The first-order chi connectivity index (χ1) is 13.1. The van der Waals surface area contributed by atoms with Gasteiger partial charge in [-0.3, -0.25) is 14.6 Å². The number of rotatable bonds is 7. The van der Waals surface area contributed by atoms with Crippen molar-refractivity contribution >= 4 is 23.6 Å². The average molecular weight is 395 g/mol. The van der Waals surface area contributed by atoms with Crippen molar-refractivity contribution in [2.75, 3.05) is 37.0 Å². The topological polar surface area (TPSA) is 87.3 Å². The summed E-state index contributed by atoms with van der Waals surface area (Å²) in [5.41, 5.74) is 1.17. The molecule has 2 heterocycles. The van der Waals surface area contributed by atoms with Gasteiger partial charge in [0.15, 0.2) is 0 Å². The number of hydrogen-bond acceptors (Lipinski definition) is 6. The highest BCUT2D eigenvalue weighted by Gasteiger charge is 2.25. The van der Waals surface area contributed by atoms with Gasteiger partial charge in [-0.1, -0.05) is 6.92 Å². The molecule has 1 aliphatic carbocycles. The van der Waals surface area contributed by atoms with Crippen LogP contribution in [-0.4, -0.2) is 59.2 Å². The maximum atomic E-state index is 12.5. The number of nitrogens with zero attached hydrogens (tertiary/aromatic N) is 2. The SMILES string of the molecule is CCS[C@@H]1CC[C@H](NC(=O)CCc2c(C)nc(N3CCOCC3)[nH]c2=O)C1. The molecule has 8 heteroatoms. The summed E-state index contributed by atoms with van der Waals surface area (Å²) in [7, 11) is 0. The zero-order valence-corrected chi connectivity index (χ0v) is 17.1. The quantitative estimate of drug-likeness (QED) is 0.731. The van der Waals surface area contributed by atoms with Crippen LogP contribution in [0.25, 0.3) is 0 Å². The molecule has 0 spiro atoms. The van der Waals surface area contributed by atoms with Gasteiger partial charge in [0.25, 0.3) is 5.56 Å². The Kier molecular flexibility index (Phi) is 7.18. The van der Waals surface area contributed by atoms with Crippen molar-refractivity contribution in [2.45, 2.75) is 57.2 Å². The van der Waals surface area contributed by atoms with Crippen LogP contribution in [0.3, 0.4) is 0 Å². The van der Waals surface area contributed by atoms with Crippen molar-refractivity contribution < 1.29 is 9.53 Å². The Morgan fingerprint density at radius 2 is 2.15 bits per heavy atom. The summed E-state index contributed by atoms with van der Waals surface area (Å²) in [6.45, 7) is 6.75. The lowest BCUT2D eigenvalue weighted by atomic mass is 10.1. The first-order valence-corrected chi connectivity index (χ1v) is 10.9. The summed E-state index contributed by atoms with van der Waals surface area (Å²) in [5.74, 6) is 1.75. The number of ether oxygens (including phenoxy) is 1. The first-order valence-electron chi connectivity index (χ1n) is 9.90. The van der Waals surface area contributed by atoms with Gasteiger partial charge in [0.2, 0.25) is 11.9 Å². The number of anilines is 1. The number of carbonyl (C=O) groups excluding carboxylic acids is 1. The smallest absolute Gasteiger partial charge is 0.255 e. The van der Waals surface area contributed by atoms with Crippen LogP contribution in [0.2, 0.25) is 0 Å². The van der Waals surface area contributed by atoms with E-state index in [1.54, 1.807) is 0 Å². The van der Waals surface area contributed by atoms with Crippen molar-refractivity contribution in [1.82, 2.24) is 15.3 Å². The molecule has 0 unspecified atom stereocenters. The van der Waals surface area contributed by atoms with E-state index in [2.05, 4.69) is 22.2 Å². The van der Waals surface area contributed by atoms with Crippen LogP contribution in [0.4, 0.5) is 5.95 Å². The summed E-state index contributed by atoms with van der Waals surface area (Å²) in [6, 6.07) is 0.280. The van der Waals surface area contributed by atoms with Crippen molar-refractivity contribution in [2.24, 2.45) is 0 Å². The molecule has 1 saturated heterocycles. The van der Waals surface area contributed by atoms with E-state index in [0.717, 1.165) is 31.7 Å². The van der Waals surface area contributed by atoms with E-state index >= 15 is 0 Å². The van der Waals surface area contributed by atoms with E-state index in [9.17, 15) is 9.59 Å². The number of morpholine rings is 1. The Labute approximate surface area is 164 Å². The van der Waals surface area contributed by atoms with Crippen LogP contribution in [0.15, 0.2) is 4.79 Å². The minimum atomic E-state index is -0.142. The van der Waals surface area contributed by atoms with Crippen molar-refractivity contribution in [3.8, 4) is 0 Å². The predicted molar refractivity (Wildman–Crippen MR) is 109 cm³/mol. The molecule has 0 radical (unpaired) electrons. The van der Waals surface area contributed by atoms with Crippen LogP contribution < -0.4 is 15.8 Å². The van der Waals surface area contributed by atoms with E-state index < -0.39 is 0 Å². The maximum Gasteiger partial charge on any atom is 0.255 e. The number of H-pyrrole nitrogens is 1. The summed E-state index contributed by atoms with van der Waals surface area (Å²) in [5, 5.41) is 3.80. The van der Waals surface area contributed by atoms with Gasteiger partial charge in [-0.15, -0.1) is 0 Å². The zero-order valence-electron chi connectivity index (χ0n) is 16.3. The Morgan fingerprint density at radius 1 is 1.37 bits per heavy atom. The van der Waals surface area contributed by atoms with Crippen molar-refractivity contribution in [1.29, 1.82) is 0 Å². The molecule has 2 N–H and O–H groups in total. The number of hydrogen-bond donors (Lipinski definition) is 2. The molecule has 27 heavy (non-hydrogen) atoms. The van der Waals surface area contributed by atoms with Gasteiger partial charge in [0.1, 0.15) is 0 Å². The van der Waals surface area contributed by atoms with Crippen LogP contribution >= 0.6 is 11.8 Å². The molecule has 150 valence electrons. The number of aromatic amines is 1. The molecule has 2 fully saturated rings. The standard InChI is InChI=1S/C19H30N4O3S/c1-3-27-15-5-4-14(12-15)21-17(24)7-6-16-13(2)20-19(22-18(16)25)23-8-10-26-11-9-23/h14-15H,3-12H2,1-2H3,(H,21,24)(H,20,22,25)/t14-,15+/m0/s1. The second kappa shape index (κ2) is 9.59. The third-order valence-electron chi connectivity index (χ3n) is 5.27. The molecule has 2 aliphatic rings. The van der Waals surface area contributed by atoms with Gasteiger partial charge in [-0.2, -0.15) is 11.8 Å². The maximum absolute atomic E-state index is 12.5. The Balaban J connectivity index is 1.53. The number of aromatic nitrogens is 2. The molecule has 1 aromatic heterocycles. The second-order valence-corrected chi connectivity index (χ2v) is 8.79. The highest BCUT2D eigenvalue weighted by molar-refractivity contribution is 7.99. The third kappa shape index (κ3) is 5.48. The average Bonchev–Trinajstić information content (AvgIpc) is 3.09. The molecule has 1 saturated carbocycles. The van der Waals surface area contributed by atoms with Crippen molar-refractivity contribution in [3.63, 3.8) is 0 Å². The van der Waals surface area contributed by atoms with E-state index in [1.807, 2.05) is 23.6 Å². The van der Waals surface area contributed by atoms with E-state index in [0.29, 0.717) is 48.5 Å². The highest BCUT2D eigenvalue weighted by atomic mass is 32.2. The van der Waals surface area contributed by atoms with E-state index in [-0.39, 0.29) is 17.5 Å². The lowest BCUT2D eigenvalue weighted by molar-refractivity contribution is -0.121. The molecule has 3 rings (SSSR count). The molecule has 1 amide bonds. The Morgan fingerprint density at radius 3 is 2.85 bits per heavy atom. The lowest BCUT2D eigenvalue weighted by Crippen LogP contribution is -2.39. The zero-order chi connectivity index (χ0) is 19.2. The van der Waals surface area contributed by atoms with Crippen LogP contribution in [0.5, 0.6) is 0 Å². The monoisotopic (exact) mass is 394 g/mol. The number of nitrogens with one attached hydrogen (secondary N) is 2. The van der Waals surface area contributed by atoms with Gasteiger partial charge in [0.05, 0.1) is 13.2 Å². The fraction of sp³-hybridized carbons (Fsp3) is 0.737. The summed E-state index contributed by atoms with van der Waals surface area (Å²) < 4.78 is 5.34. The minimum absolute atomic E-state index is 0.0261. The van der Waals surface area contributed by atoms with Gasteiger partial charge in [-0.25, -0.2) is 4.98 Å². The summed E-state index contributed by atoms with van der Waals surface area (Å²) in [6.07, 6.45) is 4.03. The largest absolute Gasteiger partial charge is 0.378 e. The number of aryl methyl sites for hydroxylation is 1. The molecule has 1 aliphatic heterocycles. The molecule has 0 bridgehead atoms. The molecule has 2 atom stereocenters. The normalized spacial score (nSPS) is 22.8. The predicted octanol–water partition coefficient (Wildman–Crippen LogP) is 1.64. The second-order valence-electron chi connectivity index (χ2n) is 7.21. The lowest BCUT2D eigenvalue weighted by Gasteiger charge is -2.27. The van der Waals surface area contributed by atoms with Crippen LogP contribution in [0, 0.1) is 6.92 Å². The van der Waals surface area contributed by atoms with Gasteiger partial charge in [-0.05, 0) is 38.4 Å². The fourth-order valence-corrected chi connectivity index (χ4v) is 4.95. The minimum Gasteiger partial charge on any atom is -0.378 e. The van der Waals surface area contributed by atoms with Crippen molar-refractivity contribution in [3.05, 3.63) is 21.6 Å². The summed E-state index contributed by atoms with van der Waals surface area (Å²) >= 11 is 1.98. The molecule has 7 nitrogen and oxygen atoms in total. The molecular formula is C19H30N4O3S. The number of thioether (sulfide) groups is 1. The molecular weight excluding hydrogens is 364 g/mol. The summed E-state index contributed by atoms with van der Waals surface area (Å²) in [4.78, 5) is 34.2. The first kappa shape index (κ1) is 20.2. The van der Waals surface area contributed by atoms with Gasteiger partial charge < -0.3 is 15.0 Å². The van der Waals surface area contributed by atoms with Gasteiger partial charge >= 0.3 is 0 Å². The number of amides is 1. The fourth-order valence-electron chi connectivity index (χ4n) is 3.81. The van der Waals surface area contributed by atoms with Crippen LogP contribution in [0.1, 0.15) is 43.9 Å². The highest BCUT2D eigenvalue weighted by Crippen LogP contribution is 2.29. The van der Waals surface area contributed by atoms with Gasteiger partial charge in [0, 0.05) is 42.1 Å². The molecule has 0 aromatic carbocycles. The Bertz CT molecular complexity index is 703. The molecule has 1 aromatic rings. The number of carbonyl (C=O) groups is 1.